The smallest absolute Gasteiger partial charge is 0.243 e. The highest BCUT2D eigenvalue weighted by molar-refractivity contribution is 6.31. The van der Waals surface area contributed by atoms with Crippen molar-refractivity contribution in [2.75, 3.05) is 31.3 Å². The Labute approximate surface area is 217 Å². The monoisotopic (exact) mass is 525 g/mol. The number of halogens is 2. The van der Waals surface area contributed by atoms with E-state index < -0.39 is 5.82 Å². The Morgan fingerprint density at radius 2 is 2.08 bits per heavy atom. The van der Waals surface area contributed by atoms with Crippen LogP contribution in [0.4, 0.5) is 21.7 Å². The minimum absolute atomic E-state index is 0.000612. The highest BCUT2D eigenvalue weighted by atomic mass is 35.5. The van der Waals surface area contributed by atoms with Crippen LogP contribution < -0.4 is 20.1 Å². The predicted molar refractivity (Wildman–Crippen MR) is 138 cm³/mol. The van der Waals surface area contributed by atoms with Gasteiger partial charge in [0.25, 0.3) is 0 Å². The summed E-state index contributed by atoms with van der Waals surface area (Å²) in [5, 5.41) is 13.3. The molecule has 3 heterocycles. The second-order valence-electron chi connectivity index (χ2n) is 8.81. The summed E-state index contributed by atoms with van der Waals surface area (Å²) in [5.74, 6) is 1.15. The van der Waals surface area contributed by atoms with Crippen molar-refractivity contribution in [1.29, 1.82) is 0 Å². The van der Waals surface area contributed by atoms with Crippen LogP contribution in [0.2, 0.25) is 5.02 Å². The standard InChI is InChI=1S/C25H25ClFN7O3/c1-13-7-22(33-32-13)31-25(35)19-8-14(11-34(19)2)37-21-9-15-18(10-20(21)36-3)28-12-29-24(15)30-17-6-4-5-16(26)23(17)27/h4-7,9-10,12,14,19H,8,11H2,1-3H3,(H,28,29,30)(H2,31,32,33,35)/t14-,19+/m0/s1. The first-order valence-corrected chi connectivity index (χ1v) is 11.9. The first kappa shape index (κ1) is 24.7. The van der Waals surface area contributed by atoms with Gasteiger partial charge in [0.05, 0.1) is 35.1 Å². The molecule has 1 aliphatic rings. The van der Waals surface area contributed by atoms with Crippen molar-refractivity contribution < 1.29 is 18.7 Å². The van der Waals surface area contributed by atoms with E-state index in [1.807, 2.05) is 18.9 Å². The van der Waals surface area contributed by atoms with Gasteiger partial charge in [-0.3, -0.25) is 14.8 Å². The molecule has 1 fully saturated rings. The Morgan fingerprint density at radius 3 is 2.84 bits per heavy atom. The summed E-state index contributed by atoms with van der Waals surface area (Å²) in [7, 11) is 3.41. The highest BCUT2D eigenvalue weighted by Gasteiger charge is 2.36. The molecule has 12 heteroatoms. The quantitative estimate of drug-likeness (QED) is 0.327. The van der Waals surface area contributed by atoms with Crippen molar-refractivity contribution in [3.8, 4) is 11.5 Å². The fourth-order valence-electron chi connectivity index (χ4n) is 4.37. The molecule has 10 nitrogen and oxygen atoms in total. The lowest BCUT2D eigenvalue weighted by atomic mass is 10.1. The third kappa shape index (κ3) is 5.13. The van der Waals surface area contributed by atoms with Crippen LogP contribution in [0.3, 0.4) is 0 Å². The number of nitrogens with zero attached hydrogens (tertiary/aromatic N) is 4. The van der Waals surface area contributed by atoms with Gasteiger partial charge in [0.15, 0.2) is 17.3 Å². The highest BCUT2D eigenvalue weighted by Crippen LogP contribution is 2.37. The zero-order valence-corrected chi connectivity index (χ0v) is 21.1. The summed E-state index contributed by atoms with van der Waals surface area (Å²) >= 11 is 5.93. The molecule has 0 aliphatic carbocycles. The lowest BCUT2D eigenvalue weighted by Crippen LogP contribution is -2.37. The van der Waals surface area contributed by atoms with Crippen LogP contribution in [0.15, 0.2) is 42.7 Å². The normalized spacial score (nSPS) is 17.6. The van der Waals surface area contributed by atoms with Crippen LogP contribution in [-0.4, -0.2) is 63.8 Å². The number of methoxy groups -OCH3 is 1. The van der Waals surface area contributed by atoms with Gasteiger partial charge in [-0.15, -0.1) is 0 Å². The number of rotatable bonds is 7. The predicted octanol–water partition coefficient (Wildman–Crippen LogP) is 4.30. The number of hydrogen-bond donors (Lipinski definition) is 3. The van der Waals surface area contributed by atoms with Gasteiger partial charge in [0.2, 0.25) is 5.91 Å². The number of benzene rings is 2. The third-order valence-electron chi connectivity index (χ3n) is 6.20. The van der Waals surface area contributed by atoms with E-state index in [4.69, 9.17) is 21.1 Å². The van der Waals surface area contributed by atoms with Crippen molar-refractivity contribution >= 4 is 45.7 Å². The molecule has 37 heavy (non-hydrogen) atoms. The minimum atomic E-state index is -0.579. The molecule has 3 N–H and O–H groups in total. The molecular weight excluding hydrogens is 501 g/mol. The number of ether oxygens (including phenoxy) is 2. The number of carbonyl (C=O) groups is 1. The van der Waals surface area contributed by atoms with Crippen molar-refractivity contribution in [2.24, 2.45) is 0 Å². The van der Waals surface area contributed by atoms with Crippen LogP contribution in [0.25, 0.3) is 10.9 Å². The maximum absolute atomic E-state index is 14.5. The van der Waals surface area contributed by atoms with Gasteiger partial charge in [-0.1, -0.05) is 17.7 Å². The van der Waals surface area contributed by atoms with Crippen LogP contribution in [0.5, 0.6) is 11.5 Å². The fraction of sp³-hybridized carbons (Fsp3) is 0.280. The first-order valence-electron chi connectivity index (χ1n) is 11.6. The van der Waals surface area contributed by atoms with Crippen molar-refractivity contribution in [3.05, 3.63) is 59.3 Å². The lowest BCUT2D eigenvalue weighted by Gasteiger charge is -2.17. The van der Waals surface area contributed by atoms with Gasteiger partial charge < -0.3 is 20.1 Å². The van der Waals surface area contributed by atoms with E-state index in [9.17, 15) is 9.18 Å². The Morgan fingerprint density at radius 1 is 1.24 bits per heavy atom. The van der Waals surface area contributed by atoms with Crippen molar-refractivity contribution in [3.63, 3.8) is 0 Å². The van der Waals surface area contributed by atoms with E-state index in [0.29, 0.717) is 47.0 Å². The Kier molecular flexibility index (Phi) is 6.81. The molecular formula is C25H25ClFN7O3. The van der Waals surface area contributed by atoms with Gasteiger partial charge in [-0.05, 0) is 32.2 Å². The number of fused-ring (bicyclic) bond motifs is 1. The SMILES string of the molecule is COc1cc2ncnc(Nc3cccc(Cl)c3F)c2cc1O[C@H]1C[C@H](C(=O)Nc2cc(C)n[nH]2)N(C)C1. The maximum Gasteiger partial charge on any atom is 0.243 e. The van der Waals surface area contributed by atoms with Crippen LogP contribution in [-0.2, 0) is 4.79 Å². The van der Waals surface area contributed by atoms with Crippen LogP contribution >= 0.6 is 11.6 Å². The van der Waals surface area contributed by atoms with E-state index in [-0.39, 0.29) is 28.8 Å². The molecule has 0 bridgehead atoms. The maximum atomic E-state index is 14.5. The van der Waals surface area contributed by atoms with Gasteiger partial charge in [-0.25, -0.2) is 14.4 Å². The minimum Gasteiger partial charge on any atom is -0.493 e. The van der Waals surface area contributed by atoms with Gasteiger partial charge in [0, 0.05) is 30.5 Å². The molecule has 5 rings (SSSR count). The number of likely N-dealkylation sites (tertiary alicyclic amines) is 1. The number of likely N-dealkylation sites (N-methyl/N-ethyl adjacent to an activating group) is 1. The number of anilines is 3. The summed E-state index contributed by atoms with van der Waals surface area (Å²) < 4.78 is 26.4. The number of H-pyrrole nitrogens is 1. The van der Waals surface area contributed by atoms with Crippen LogP contribution in [0.1, 0.15) is 12.1 Å². The average Bonchev–Trinajstić information content (AvgIpc) is 3.46. The van der Waals surface area contributed by atoms with E-state index in [1.54, 1.807) is 37.4 Å². The molecule has 0 unspecified atom stereocenters. The van der Waals surface area contributed by atoms with E-state index in [2.05, 4.69) is 30.8 Å². The second kappa shape index (κ2) is 10.2. The van der Waals surface area contributed by atoms with E-state index >= 15 is 0 Å². The largest absolute Gasteiger partial charge is 0.493 e. The Hall–Kier alpha value is -3.96. The molecule has 0 saturated carbocycles. The number of aryl methyl sites for hydroxylation is 1. The summed E-state index contributed by atoms with van der Waals surface area (Å²) in [4.78, 5) is 23.4. The number of hydrogen-bond acceptors (Lipinski definition) is 8. The molecule has 0 radical (unpaired) electrons. The summed E-state index contributed by atoms with van der Waals surface area (Å²) in [6, 6.07) is 9.55. The molecule has 2 aromatic carbocycles. The molecule has 4 aromatic rings. The average molecular weight is 526 g/mol. The lowest BCUT2D eigenvalue weighted by molar-refractivity contribution is -0.120. The van der Waals surface area contributed by atoms with Gasteiger partial charge in [0.1, 0.15) is 24.1 Å². The number of nitrogens with one attached hydrogen (secondary N) is 3. The third-order valence-corrected chi connectivity index (χ3v) is 6.49. The first-order chi connectivity index (χ1) is 17.8. The van der Waals surface area contributed by atoms with Crippen molar-refractivity contribution in [1.82, 2.24) is 25.1 Å². The van der Waals surface area contributed by atoms with Crippen LogP contribution in [0, 0.1) is 12.7 Å². The van der Waals surface area contributed by atoms with Gasteiger partial charge >= 0.3 is 0 Å². The molecule has 0 spiro atoms. The number of amides is 1. The fourth-order valence-corrected chi connectivity index (χ4v) is 4.54. The Bertz CT molecular complexity index is 1460. The molecule has 2 atom stereocenters. The molecule has 192 valence electrons. The zero-order chi connectivity index (χ0) is 26.1. The zero-order valence-electron chi connectivity index (χ0n) is 20.4. The topological polar surface area (TPSA) is 117 Å². The number of carbonyl (C=O) groups excluding carboxylic acids is 1. The Balaban J connectivity index is 1.38. The molecule has 1 amide bonds. The second-order valence-corrected chi connectivity index (χ2v) is 9.22. The van der Waals surface area contributed by atoms with E-state index in [0.717, 1.165) is 5.69 Å². The molecule has 2 aromatic heterocycles. The molecule has 1 saturated heterocycles. The van der Waals surface area contributed by atoms with E-state index in [1.165, 1.54) is 12.4 Å². The summed E-state index contributed by atoms with van der Waals surface area (Å²) in [6.07, 6.45) is 1.58. The van der Waals surface area contributed by atoms with Crippen molar-refractivity contribution in [2.45, 2.75) is 25.5 Å². The molecule has 1 aliphatic heterocycles. The number of aromatic amines is 1. The number of aromatic nitrogens is 4. The summed E-state index contributed by atoms with van der Waals surface area (Å²) in [6.45, 7) is 2.37. The van der Waals surface area contributed by atoms with Gasteiger partial charge in [-0.2, -0.15) is 5.10 Å². The summed E-state index contributed by atoms with van der Waals surface area (Å²) in [5.41, 5.74) is 1.56.